The second-order valence-electron chi connectivity index (χ2n) is 5.65. The topological polar surface area (TPSA) is 46.3 Å². The Morgan fingerprint density at radius 3 is 2.52 bits per heavy atom. The predicted molar refractivity (Wildman–Crippen MR) is 87.8 cm³/mol. The van der Waals surface area contributed by atoms with Gasteiger partial charge in [-0.15, -0.1) is 0 Å². The first-order valence-corrected chi connectivity index (χ1v) is 7.92. The molecule has 0 saturated carbocycles. The first-order valence-electron chi connectivity index (χ1n) is 7.54. The molecule has 0 fully saturated rings. The molecule has 1 aliphatic heterocycles. The molecule has 0 radical (unpaired) electrons. The van der Waals surface area contributed by atoms with E-state index in [4.69, 9.17) is 17.3 Å². The molecule has 2 rings (SSSR count). The predicted octanol–water partition coefficient (Wildman–Crippen LogP) is 3.68. The monoisotopic (exact) mass is 306 g/mol. The van der Waals surface area contributed by atoms with E-state index < -0.39 is 0 Å². The Balaban J connectivity index is 2.30. The van der Waals surface area contributed by atoms with Crippen LogP contribution in [0.3, 0.4) is 0 Å². The van der Waals surface area contributed by atoms with Gasteiger partial charge in [-0.2, -0.15) is 0 Å². The van der Waals surface area contributed by atoms with Gasteiger partial charge in [0.15, 0.2) is 0 Å². The number of amides is 1. The number of carbonyl (C=O) groups is 1. The van der Waals surface area contributed by atoms with Crippen LogP contribution in [0.4, 0.5) is 0 Å². The van der Waals surface area contributed by atoms with Gasteiger partial charge in [0.2, 0.25) is 5.91 Å². The van der Waals surface area contributed by atoms with Crippen molar-refractivity contribution in [2.24, 2.45) is 11.7 Å². The van der Waals surface area contributed by atoms with Crippen LogP contribution in [0.1, 0.15) is 38.2 Å². The molecule has 0 bridgehead atoms. The highest BCUT2D eigenvalue weighted by Crippen LogP contribution is 2.34. The van der Waals surface area contributed by atoms with Gasteiger partial charge in [0.25, 0.3) is 0 Å². The molecule has 1 aromatic rings. The summed E-state index contributed by atoms with van der Waals surface area (Å²) in [5.41, 5.74) is 8.37. The van der Waals surface area contributed by atoms with Crippen LogP contribution in [0.15, 0.2) is 30.3 Å². The molecule has 21 heavy (non-hydrogen) atoms. The van der Waals surface area contributed by atoms with Crippen LogP contribution in [0, 0.1) is 5.92 Å². The molecular formula is C17H23ClN2O. The van der Waals surface area contributed by atoms with Gasteiger partial charge in [0.1, 0.15) is 0 Å². The van der Waals surface area contributed by atoms with Gasteiger partial charge in [-0.3, -0.25) is 4.79 Å². The molecule has 1 amide bonds. The number of halogens is 1. The summed E-state index contributed by atoms with van der Waals surface area (Å²) in [6.45, 7) is 2.19. The molecule has 0 aromatic heterocycles. The van der Waals surface area contributed by atoms with E-state index >= 15 is 0 Å². The highest BCUT2D eigenvalue weighted by molar-refractivity contribution is 6.30. The number of carbonyl (C=O) groups excluding carboxylic acids is 1. The Kier molecular flexibility index (Phi) is 5.43. The van der Waals surface area contributed by atoms with Crippen LogP contribution in [0.25, 0.3) is 5.57 Å². The van der Waals surface area contributed by atoms with Gasteiger partial charge >= 0.3 is 0 Å². The normalized spacial score (nSPS) is 22.4. The molecule has 0 spiro atoms. The molecule has 1 unspecified atom stereocenters. The molecular weight excluding hydrogens is 284 g/mol. The molecule has 1 aromatic carbocycles. The van der Waals surface area contributed by atoms with E-state index in [0.29, 0.717) is 5.02 Å². The Labute approximate surface area is 131 Å². The zero-order chi connectivity index (χ0) is 15.4. The van der Waals surface area contributed by atoms with Crippen molar-refractivity contribution >= 4 is 23.1 Å². The summed E-state index contributed by atoms with van der Waals surface area (Å²) < 4.78 is 0. The van der Waals surface area contributed by atoms with E-state index in [-0.39, 0.29) is 18.0 Å². The number of hydrogen-bond acceptors (Lipinski definition) is 2. The first-order chi connectivity index (χ1) is 10.0. The van der Waals surface area contributed by atoms with Crippen LogP contribution in [0.5, 0.6) is 0 Å². The summed E-state index contributed by atoms with van der Waals surface area (Å²) in [7, 11) is 1.77. The maximum Gasteiger partial charge on any atom is 0.247 e. The van der Waals surface area contributed by atoms with Gasteiger partial charge in [-0.05, 0) is 29.7 Å². The van der Waals surface area contributed by atoms with E-state index in [1.165, 1.54) is 12.8 Å². The first kappa shape index (κ1) is 16.1. The summed E-state index contributed by atoms with van der Waals surface area (Å²) in [4.78, 5) is 13.7. The Morgan fingerprint density at radius 1 is 1.24 bits per heavy atom. The van der Waals surface area contributed by atoms with Crippen molar-refractivity contribution in [2.45, 2.75) is 38.8 Å². The molecule has 2 N–H and O–H groups in total. The van der Waals surface area contributed by atoms with Gasteiger partial charge < -0.3 is 10.6 Å². The summed E-state index contributed by atoms with van der Waals surface area (Å²) >= 11 is 5.95. The molecule has 1 heterocycles. The van der Waals surface area contributed by atoms with Crippen LogP contribution >= 0.6 is 11.6 Å². The molecule has 0 aliphatic carbocycles. The average molecular weight is 307 g/mol. The number of hydrogen-bond donors (Lipinski definition) is 1. The average Bonchev–Trinajstić information content (AvgIpc) is 2.48. The number of benzene rings is 1. The minimum Gasteiger partial charge on any atom is -0.326 e. The van der Waals surface area contributed by atoms with Gasteiger partial charge in [0, 0.05) is 24.1 Å². The number of likely N-dealkylation sites (N-methyl/N-ethyl adjacent to an activating group) is 1. The van der Waals surface area contributed by atoms with E-state index in [0.717, 1.165) is 24.0 Å². The third kappa shape index (κ3) is 3.66. The van der Waals surface area contributed by atoms with Crippen LogP contribution in [-0.4, -0.2) is 24.0 Å². The van der Waals surface area contributed by atoms with Crippen molar-refractivity contribution < 1.29 is 4.79 Å². The minimum atomic E-state index is -0.259. The lowest BCUT2D eigenvalue weighted by molar-refractivity contribution is -0.128. The third-order valence-corrected chi connectivity index (χ3v) is 4.43. The fraction of sp³-hybridized carbons (Fsp3) is 0.471. The van der Waals surface area contributed by atoms with Gasteiger partial charge in [-0.25, -0.2) is 0 Å². The van der Waals surface area contributed by atoms with Crippen molar-refractivity contribution in [1.82, 2.24) is 4.90 Å². The lowest BCUT2D eigenvalue weighted by Crippen LogP contribution is -2.50. The Bertz CT molecular complexity index is 524. The van der Waals surface area contributed by atoms with Crippen LogP contribution in [-0.2, 0) is 4.79 Å². The maximum atomic E-state index is 12.1. The zero-order valence-corrected chi connectivity index (χ0v) is 13.4. The summed E-state index contributed by atoms with van der Waals surface area (Å²) in [6.07, 6.45) is 5.96. The lowest BCUT2D eigenvalue weighted by atomic mass is 9.83. The molecule has 4 heteroatoms. The molecule has 2 atom stereocenters. The smallest absolute Gasteiger partial charge is 0.247 e. The fourth-order valence-corrected chi connectivity index (χ4v) is 2.95. The van der Waals surface area contributed by atoms with Gasteiger partial charge in [-0.1, -0.05) is 49.9 Å². The second-order valence-corrected chi connectivity index (χ2v) is 6.09. The fourth-order valence-electron chi connectivity index (χ4n) is 2.82. The highest BCUT2D eigenvalue weighted by atomic mass is 35.5. The molecule has 114 valence electrons. The summed E-state index contributed by atoms with van der Waals surface area (Å²) in [5, 5.41) is 0.699. The Morgan fingerprint density at radius 2 is 1.90 bits per heavy atom. The molecule has 1 aliphatic rings. The number of rotatable bonds is 5. The van der Waals surface area contributed by atoms with E-state index in [1.54, 1.807) is 18.0 Å². The zero-order valence-electron chi connectivity index (χ0n) is 12.7. The second kappa shape index (κ2) is 7.10. The number of nitrogens with two attached hydrogens (primary N) is 1. The minimum absolute atomic E-state index is 0.0285. The number of unbranched alkanes of at least 4 members (excludes halogenated alkanes) is 2. The lowest BCUT2D eigenvalue weighted by Gasteiger charge is -2.37. The van der Waals surface area contributed by atoms with E-state index in [2.05, 4.69) is 6.92 Å². The number of nitrogens with zero attached hydrogens (tertiary/aromatic N) is 1. The quantitative estimate of drug-likeness (QED) is 0.844. The summed E-state index contributed by atoms with van der Waals surface area (Å²) in [6, 6.07) is 7.64. The van der Waals surface area contributed by atoms with E-state index in [9.17, 15) is 4.79 Å². The van der Waals surface area contributed by atoms with Gasteiger partial charge in [0.05, 0.1) is 6.17 Å². The van der Waals surface area contributed by atoms with Crippen molar-refractivity contribution in [2.75, 3.05) is 7.05 Å². The maximum absolute atomic E-state index is 12.1. The standard InChI is InChI=1S/C17H23ClN2O/c1-3-4-5-6-14-15(11-16(21)20(2)17(14)19)12-7-9-13(18)10-8-12/h7-11,14,17H,3-6,19H2,1-2H3/t14-,17?/m0/s1. The van der Waals surface area contributed by atoms with E-state index in [1.807, 2.05) is 24.3 Å². The van der Waals surface area contributed by atoms with Crippen molar-refractivity contribution in [3.8, 4) is 0 Å². The third-order valence-electron chi connectivity index (χ3n) is 4.18. The molecule has 0 saturated heterocycles. The van der Waals surface area contributed by atoms with Crippen molar-refractivity contribution in [3.05, 3.63) is 40.9 Å². The highest BCUT2D eigenvalue weighted by Gasteiger charge is 2.32. The molecule has 3 nitrogen and oxygen atoms in total. The summed E-state index contributed by atoms with van der Waals surface area (Å²) in [5.74, 6) is 0.152. The van der Waals surface area contributed by atoms with Crippen molar-refractivity contribution in [3.63, 3.8) is 0 Å². The van der Waals surface area contributed by atoms with Crippen molar-refractivity contribution in [1.29, 1.82) is 0 Å². The SMILES string of the molecule is CCCCC[C@H]1C(c2ccc(Cl)cc2)=CC(=O)N(C)C1N. The van der Waals surface area contributed by atoms with Crippen LogP contribution in [0.2, 0.25) is 5.02 Å². The van der Waals surface area contributed by atoms with Crippen LogP contribution < -0.4 is 5.73 Å². The Hall–Kier alpha value is -1.32. The largest absolute Gasteiger partial charge is 0.326 e.